The molecule has 0 amide bonds. The summed E-state index contributed by atoms with van der Waals surface area (Å²) >= 11 is 0. The molecule has 1 aliphatic heterocycles. The molecule has 2 nitrogen and oxygen atoms in total. The Morgan fingerprint density at radius 2 is 2.29 bits per heavy atom. The van der Waals surface area contributed by atoms with E-state index in [4.69, 9.17) is 5.73 Å². The second-order valence-corrected chi connectivity index (χ2v) is 4.27. The number of rotatable bonds is 1. The Morgan fingerprint density at radius 1 is 1.50 bits per heavy atom. The van der Waals surface area contributed by atoms with Gasteiger partial charge in [0.05, 0.1) is 0 Å². The van der Waals surface area contributed by atoms with Crippen LogP contribution in [0.15, 0.2) is 18.2 Å². The lowest BCUT2D eigenvalue weighted by Gasteiger charge is -2.34. The van der Waals surface area contributed by atoms with Gasteiger partial charge in [-0.2, -0.15) is 0 Å². The Hall–Kier alpha value is -1.02. The van der Waals surface area contributed by atoms with Crippen LogP contribution in [0.1, 0.15) is 11.1 Å². The molecule has 2 heteroatoms. The van der Waals surface area contributed by atoms with Gasteiger partial charge < -0.3 is 10.6 Å². The van der Waals surface area contributed by atoms with E-state index in [-0.39, 0.29) is 0 Å². The molecule has 76 valence electrons. The van der Waals surface area contributed by atoms with E-state index in [1.54, 1.807) is 0 Å². The fraction of sp³-hybridized carbons (Fsp3) is 0.500. The maximum Gasteiger partial charge on any atom is 0.0426 e. The number of aryl methyl sites for hydroxylation is 1. The van der Waals surface area contributed by atoms with Crippen LogP contribution in [-0.2, 0) is 6.42 Å². The van der Waals surface area contributed by atoms with Crippen molar-refractivity contribution in [1.82, 2.24) is 0 Å². The summed E-state index contributed by atoms with van der Waals surface area (Å²) < 4.78 is 0. The van der Waals surface area contributed by atoms with Crippen molar-refractivity contribution in [2.75, 3.05) is 25.0 Å². The van der Waals surface area contributed by atoms with Gasteiger partial charge in [-0.1, -0.05) is 18.2 Å². The molecule has 0 fully saturated rings. The molecular weight excluding hydrogens is 172 g/mol. The zero-order valence-electron chi connectivity index (χ0n) is 8.96. The third kappa shape index (κ3) is 1.50. The lowest BCUT2D eigenvalue weighted by Crippen LogP contribution is -2.36. The Morgan fingerprint density at radius 3 is 3.00 bits per heavy atom. The van der Waals surface area contributed by atoms with Crippen molar-refractivity contribution in [3.05, 3.63) is 29.3 Å². The van der Waals surface area contributed by atoms with Crippen LogP contribution in [-0.4, -0.2) is 20.1 Å². The van der Waals surface area contributed by atoms with Crippen molar-refractivity contribution in [3.8, 4) is 0 Å². The molecule has 0 spiro atoms. The van der Waals surface area contributed by atoms with E-state index in [9.17, 15) is 0 Å². The molecule has 1 aromatic carbocycles. The largest absolute Gasteiger partial charge is 0.374 e. The molecule has 0 saturated carbocycles. The van der Waals surface area contributed by atoms with Gasteiger partial charge in [-0.25, -0.2) is 0 Å². The van der Waals surface area contributed by atoms with Crippen molar-refractivity contribution in [2.45, 2.75) is 13.3 Å². The monoisotopic (exact) mass is 190 g/mol. The smallest absolute Gasteiger partial charge is 0.0426 e. The Kier molecular flexibility index (Phi) is 2.46. The Labute approximate surface area is 85.7 Å². The molecule has 0 bridgehead atoms. The molecule has 0 saturated heterocycles. The molecule has 1 atom stereocenters. The van der Waals surface area contributed by atoms with E-state index in [0.717, 1.165) is 19.5 Å². The number of hydrogen-bond donors (Lipinski definition) is 1. The van der Waals surface area contributed by atoms with Gasteiger partial charge >= 0.3 is 0 Å². The first-order valence-corrected chi connectivity index (χ1v) is 5.22. The first kappa shape index (κ1) is 9.53. The van der Waals surface area contributed by atoms with Crippen LogP contribution in [0.4, 0.5) is 5.69 Å². The third-order valence-electron chi connectivity index (χ3n) is 3.08. The average molecular weight is 190 g/mol. The van der Waals surface area contributed by atoms with E-state index in [1.807, 2.05) is 0 Å². The van der Waals surface area contributed by atoms with Crippen molar-refractivity contribution in [3.63, 3.8) is 0 Å². The zero-order valence-corrected chi connectivity index (χ0v) is 8.96. The molecule has 1 heterocycles. The predicted octanol–water partition coefficient (Wildman–Crippen LogP) is 1.56. The Balaban J connectivity index is 2.39. The number of nitrogens with two attached hydrogens (primary N) is 1. The van der Waals surface area contributed by atoms with Crippen LogP contribution in [0.3, 0.4) is 0 Å². The molecule has 1 aromatic rings. The highest BCUT2D eigenvalue weighted by Gasteiger charge is 2.21. The van der Waals surface area contributed by atoms with Gasteiger partial charge in [-0.15, -0.1) is 0 Å². The van der Waals surface area contributed by atoms with Crippen LogP contribution in [0, 0.1) is 12.8 Å². The fourth-order valence-electron chi connectivity index (χ4n) is 2.44. The predicted molar refractivity (Wildman–Crippen MR) is 60.7 cm³/mol. The number of hydrogen-bond acceptors (Lipinski definition) is 2. The van der Waals surface area contributed by atoms with Crippen molar-refractivity contribution >= 4 is 5.69 Å². The number of para-hydroxylation sites is 1. The third-order valence-corrected chi connectivity index (χ3v) is 3.08. The van der Waals surface area contributed by atoms with Gasteiger partial charge in [-0.05, 0) is 36.9 Å². The van der Waals surface area contributed by atoms with E-state index >= 15 is 0 Å². The summed E-state index contributed by atoms with van der Waals surface area (Å²) in [6, 6.07) is 6.54. The lowest BCUT2D eigenvalue weighted by molar-refractivity contribution is 0.514. The number of nitrogens with zero attached hydrogens (tertiary/aromatic N) is 1. The molecular formula is C12H18N2. The summed E-state index contributed by atoms with van der Waals surface area (Å²) in [6.45, 7) is 4.06. The molecule has 1 aliphatic rings. The SMILES string of the molecule is Cc1cccc2c1N(C)CC(CN)C2. The van der Waals surface area contributed by atoms with Crippen LogP contribution < -0.4 is 10.6 Å². The highest BCUT2D eigenvalue weighted by Crippen LogP contribution is 2.31. The first-order valence-electron chi connectivity index (χ1n) is 5.22. The minimum atomic E-state index is 0.620. The first-order chi connectivity index (χ1) is 6.72. The van der Waals surface area contributed by atoms with Gasteiger partial charge in [0.1, 0.15) is 0 Å². The summed E-state index contributed by atoms with van der Waals surface area (Å²) in [5, 5.41) is 0. The standard InChI is InChI=1S/C12H18N2/c1-9-4-3-5-11-6-10(7-13)8-14(2)12(9)11/h3-5,10H,6-8,13H2,1-2H3. The van der Waals surface area contributed by atoms with E-state index in [1.165, 1.54) is 16.8 Å². The quantitative estimate of drug-likeness (QED) is 0.728. The van der Waals surface area contributed by atoms with Crippen LogP contribution in [0.5, 0.6) is 0 Å². The topological polar surface area (TPSA) is 29.3 Å². The summed E-state index contributed by atoms with van der Waals surface area (Å²) in [5.41, 5.74) is 9.98. The van der Waals surface area contributed by atoms with E-state index in [0.29, 0.717) is 5.92 Å². The molecule has 2 N–H and O–H groups in total. The van der Waals surface area contributed by atoms with Crippen molar-refractivity contribution < 1.29 is 0 Å². The van der Waals surface area contributed by atoms with Crippen LogP contribution >= 0.6 is 0 Å². The highest BCUT2D eigenvalue weighted by molar-refractivity contribution is 5.60. The second-order valence-electron chi connectivity index (χ2n) is 4.27. The summed E-state index contributed by atoms with van der Waals surface area (Å²) in [5.74, 6) is 0.620. The van der Waals surface area contributed by atoms with Gasteiger partial charge in [0, 0.05) is 19.3 Å². The normalized spacial score (nSPS) is 20.8. The molecule has 0 aliphatic carbocycles. The summed E-state index contributed by atoms with van der Waals surface area (Å²) in [6.07, 6.45) is 1.14. The number of anilines is 1. The minimum absolute atomic E-state index is 0.620. The molecule has 14 heavy (non-hydrogen) atoms. The van der Waals surface area contributed by atoms with Gasteiger partial charge in [-0.3, -0.25) is 0 Å². The van der Waals surface area contributed by atoms with Crippen LogP contribution in [0.2, 0.25) is 0 Å². The lowest BCUT2D eigenvalue weighted by atomic mass is 9.91. The minimum Gasteiger partial charge on any atom is -0.374 e. The van der Waals surface area contributed by atoms with Gasteiger partial charge in [0.2, 0.25) is 0 Å². The molecule has 0 aromatic heterocycles. The summed E-state index contributed by atoms with van der Waals surface area (Å²) in [7, 11) is 2.16. The molecule has 2 rings (SSSR count). The Bertz CT molecular complexity index is 333. The number of benzene rings is 1. The summed E-state index contributed by atoms with van der Waals surface area (Å²) in [4.78, 5) is 2.34. The maximum absolute atomic E-state index is 5.73. The van der Waals surface area contributed by atoms with Crippen LogP contribution in [0.25, 0.3) is 0 Å². The van der Waals surface area contributed by atoms with Crippen molar-refractivity contribution in [1.29, 1.82) is 0 Å². The number of fused-ring (bicyclic) bond motifs is 1. The highest BCUT2D eigenvalue weighted by atomic mass is 15.1. The second kappa shape index (κ2) is 3.62. The molecule has 1 unspecified atom stereocenters. The van der Waals surface area contributed by atoms with Gasteiger partial charge in [0.25, 0.3) is 0 Å². The maximum atomic E-state index is 5.73. The van der Waals surface area contributed by atoms with E-state index < -0.39 is 0 Å². The van der Waals surface area contributed by atoms with Gasteiger partial charge in [0.15, 0.2) is 0 Å². The zero-order chi connectivity index (χ0) is 10.1. The average Bonchev–Trinajstić information content (AvgIpc) is 2.17. The fourth-order valence-corrected chi connectivity index (χ4v) is 2.44. The van der Waals surface area contributed by atoms with Crippen molar-refractivity contribution in [2.24, 2.45) is 11.7 Å². The molecule has 0 radical (unpaired) electrons. The van der Waals surface area contributed by atoms with E-state index in [2.05, 4.69) is 37.1 Å².